The average molecular weight is 528 g/mol. The van der Waals surface area contributed by atoms with E-state index in [-0.39, 0.29) is 35.9 Å². The Morgan fingerprint density at radius 3 is 2.46 bits per heavy atom. The first-order chi connectivity index (χ1) is 16.2. The Labute approximate surface area is 214 Å². The van der Waals surface area contributed by atoms with Crippen molar-refractivity contribution in [2.24, 2.45) is 10.1 Å². The van der Waals surface area contributed by atoms with Crippen LogP contribution in [0.5, 0.6) is 0 Å². The Hall–Kier alpha value is -2.17. The summed E-state index contributed by atoms with van der Waals surface area (Å²) in [5, 5.41) is 5.38. The molecule has 1 saturated carbocycles. The van der Waals surface area contributed by atoms with Crippen molar-refractivity contribution in [3.8, 4) is 0 Å². The van der Waals surface area contributed by atoms with Gasteiger partial charge < -0.3 is 21.3 Å². The number of rotatable bonds is 7. The molecule has 2 aliphatic rings. The number of sulfonamides is 1. The van der Waals surface area contributed by atoms with Crippen LogP contribution in [0.2, 0.25) is 0 Å². The van der Waals surface area contributed by atoms with Gasteiger partial charge in [-0.05, 0) is 69.2 Å². The third-order valence-corrected chi connectivity index (χ3v) is 7.90. The number of likely N-dealkylation sites (N-methyl/N-ethyl adjacent to an activating group) is 1. The molecule has 1 aromatic rings. The molecule has 11 heteroatoms. The summed E-state index contributed by atoms with van der Waals surface area (Å²) in [4.78, 5) is 27.0. The number of halogens is 1. The van der Waals surface area contributed by atoms with E-state index in [4.69, 9.17) is 5.73 Å². The van der Waals surface area contributed by atoms with E-state index in [1.807, 2.05) is 12.1 Å². The van der Waals surface area contributed by atoms with Gasteiger partial charge in [-0.25, -0.2) is 8.42 Å². The highest BCUT2D eigenvalue weighted by atomic mass is 35.5. The molecule has 2 atom stereocenters. The van der Waals surface area contributed by atoms with Gasteiger partial charge in [0.15, 0.2) is 5.84 Å². The van der Waals surface area contributed by atoms with E-state index in [0.29, 0.717) is 11.5 Å². The van der Waals surface area contributed by atoms with Gasteiger partial charge in [-0.15, -0.1) is 16.8 Å². The molecule has 0 spiro atoms. The standard InChI is InChI=1S/C24H37N5O4S.ClH/c1-4-34(32,33)28-22(27-23(30)16(2)25)18-12-13-20(19(15-18)17-9-6-5-7-10-17)29-14-8-11-21(29)24(31)26-3;/h12-13,15-17,21H,4-11,14,25H2,1-3H3,(H,26,31)(H,27,28,30);1H/t16-,21-;/m0./s1. The van der Waals surface area contributed by atoms with Gasteiger partial charge in [0.05, 0.1) is 11.8 Å². The summed E-state index contributed by atoms with van der Waals surface area (Å²) in [7, 11) is -2.10. The first kappa shape index (κ1) is 29.1. The highest BCUT2D eigenvalue weighted by molar-refractivity contribution is 7.90. The molecule has 0 bridgehead atoms. The third-order valence-electron chi connectivity index (χ3n) is 6.71. The Morgan fingerprint density at radius 1 is 1.17 bits per heavy atom. The Morgan fingerprint density at radius 2 is 1.86 bits per heavy atom. The van der Waals surface area contributed by atoms with Crippen LogP contribution >= 0.6 is 12.4 Å². The van der Waals surface area contributed by atoms with Crippen molar-refractivity contribution in [1.82, 2.24) is 10.6 Å². The second-order valence-corrected chi connectivity index (χ2v) is 11.1. The van der Waals surface area contributed by atoms with Crippen LogP contribution in [0.25, 0.3) is 0 Å². The topological polar surface area (TPSA) is 134 Å². The van der Waals surface area contributed by atoms with Gasteiger partial charge in [0.2, 0.25) is 11.8 Å². The third kappa shape index (κ3) is 7.17. The fourth-order valence-electron chi connectivity index (χ4n) is 4.78. The number of carbonyl (C=O) groups is 2. The van der Waals surface area contributed by atoms with Crippen molar-refractivity contribution in [2.75, 3.05) is 24.2 Å². The fourth-order valence-corrected chi connectivity index (χ4v) is 5.34. The molecule has 1 aromatic carbocycles. The number of hydrogen-bond acceptors (Lipinski definition) is 6. The van der Waals surface area contributed by atoms with Gasteiger partial charge in [-0.3, -0.25) is 9.59 Å². The first-order valence-corrected chi connectivity index (χ1v) is 13.8. The number of nitrogens with zero attached hydrogens (tertiary/aromatic N) is 2. The molecule has 196 valence electrons. The zero-order valence-electron chi connectivity index (χ0n) is 20.7. The molecule has 2 amide bonds. The van der Waals surface area contributed by atoms with Gasteiger partial charge >= 0.3 is 0 Å². The van der Waals surface area contributed by atoms with Crippen LogP contribution in [0.15, 0.2) is 22.6 Å². The quantitative estimate of drug-likeness (QED) is 0.368. The second-order valence-electron chi connectivity index (χ2n) is 9.16. The molecule has 9 nitrogen and oxygen atoms in total. The number of nitrogens with two attached hydrogens (primary N) is 1. The van der Waals surface area contributed by atoms with Crippen LogP contribution in [0.1, 0.15) is 75.8 Å². The Balaban J connectivity index is 0.00000432. The second kappa shape index (κ2) is 12.7. The largest absolute Gasteiger partial charge is 0.359 e. The van der Waals surface area contributed by atoms with Crippen molar-refractivity contribution in [2.45, 2.75) is 76.8 Å². The highest BCUT2D eigenvalue weighted by Gasteiger charge is 2.33. The normalized spacial score (nSPS) is 20.2. The number of benzene rings is 1. The van der Waals surface area contributed by atoms with Gasteiger partial charge in [0.25, 0.3) is 10.0 Å². The van der Waals surface area contributed by atoms with Crippen molar-refractivity contribution in [3.05, 3.63) is 29.3 Å². The minimum atomic E-state index is -3.76. The highest BCUT2D eigenvalue weighted by Crippen LogP contribution is 2.40. The predicted molar refractivity (Wildman–Crippen MR) is 142 cm³/mol. The predicted octanol–water partition coefficient (Wildman–Crippen LogP) is 2.43. The van der Waals surface area contributed by atoms with Gasteiger partial charge in [-0.1, -0.05) is 19.3 Å². The SMILES string of the molecule is CCS(=O)(=O)N=C(NC(=O)[C@H](C)N)c1ccc(N2CCC[C@H]2C(=O)NC)c(C2CCCCC2)c1.Cl. The molecule has 0 aromatic heterocycles. The first-order valence-electron chi connectivity index (χ1n) is 12.2. The minimum absolute atomic E-state index is 0. The van der Waals surface area contributed by atoms with Crippen molar-refractivity contribution < 1.29 is 18.0 Å². The lowest BCUT2D eigenvalue weighted by Gasteiger charge is -2.32. The summed E-state index contributed by atoms with van der Waals surface area (Å²) in [6.45, 7) is 3.82. The summed E-state index contributed by atoms with van der Waals surface area (Å²) >= 11 is 0. The van der Waals surface area contributed by atoms with E-state index in [0.717, 1.165) is 56.3 Å². The number of amides is 2. The molecule has 1 aliphatic heterocycles. The zero-order valence-corrected chi connectivity index (χ0v) is 22.4. The van der Waals surface area contributed by atoms with Gasteiger partial charge in [0, 0.05) is 24.8 Å². The monoisotopic (exact) mass is 527 g/mol. The number of nitrogens with one attached hydrogen (secondary N) is 2. The lowest BCUT2D eigenvalue weighted by molar-refractivity contribution is -0.122. The van der Waals surface area contributed by atoms with Crippen LogP contribution in [-0.2, 0) is 19.6 Å². The summed E-state index contributed by atoms with van der Waals surface area (Å²) in [5.74, 6) is -0.413. The maximum absolute atomic E-state index is 12.5. The molecule has 1 saturated heterocycles. The maximum Gasteiger partial charge on any atom is 0.254 e. The molecular formula is C24H38ClN5O4S. The molecule has 1 aliphatic carbocycles. The molecule has 1 heterocycles. The van der Waals surface area contributed by atoms with Crippen LogP contribution < -0.4 is 21.3 Å². The summed E-state index contributed by atoms with van der Waals surface area (Å²) in [6, 6.07) is 4.60. The lowest BCUT2D eigenvalue weighted by Crippen LogP contribution is -2.43. The number of carbonyl (C=O) groups excluding carboxylic acids is 2. The number of amidine groups is 1. The van der Waals surface area contributed by atoms with Crippen molar-refractivity contribution >= 4 is 45.8 Å². The minimum Gasteiger partial charge on any atom is -0.359 e. The van der Waals surface area contributed by atoms with Gasteiger partial charge in [0.1, 0.15) is 6.04 Å². The van der Waals surface area contributed by atoms with E-state index >= 15 is 0 Å². The van der Waals surface area contributed by atoms with Crippen molar-refractivity contribution in [1.29, 1.82) is 0 Å². The molecule has 2 fully saturated rings. The smallest absolute Gasteiger partial charge is 0.254 e. The molecule has 35 heavy (non-hydrogen) atoms. The van der Waals surface area contributed by atoms with Gasteiger partial charge in [-0.2, -0.15) is 0 Å². The number of hydrogen-bond donors (Lipinski definition) is 3. The van der Waals surface area contributed by atoms with Crippen LogP contribution in [0.4, 0.5) is 5.69 Å². The summed E-state index contributed by atoms with van der Waals surface area (Å²) < 4.78 is 28.6. The summed E-state index contributed by atoms with van der Waals surface area (Å²) in [5.41, 5.74) is 8.30. The Kier molecular flexibility index (Phi) is 10.5. The van der Waals surface area contributed by atoms with E-state index in [9.17, 15) is 18.0 Å². The molecule has 4 N–H and O–H groups in total. The summed E-state index contributed by atoms with van der Waals surface area (Å²) in [6.07, 6.45) is 7.22. The lowest BCUT2D eigenvalue weighted by atomic mass is 9.82. The fraction of sp³-hybridized carbons (Fsp3) is 0.625. The Bertz CT molecular complexity index is 1040. The van der Waals surface area contributed by atoms with Crippen LogP contribution in [0.3, 0.4) is 0 Å². The van der Waals surface area contributed by atoms with Crippen LogP contribution in [-0.4, -0.2) is 57.5 Å². The maximum atomic E-state index is 12.5. The molecule has 0 radical (unpaired) electrons. The van der Waals surface area contributed by atoms with Crippen molar-refractivity contribution in [3.63, 3.8) is 0 Å². The van der Waals surface area contributed by atoms with E-state index in [2.05, 4.69) is 19.9 Å². The van der Waals surface area contributed by atoms with Crippen LogP contribution in [0, 0.1) is 0 Å². The molecule has 0 unspecified atom stereocenters. The number of anilines is 1. The zero-order chi connectivity index (χ0) is 24.9. The van der Waals surface area contributed by atoms with E-state index in [1.165, 1.54) is 20.3 Å². The molecular weight excluding hydrogens is 490 g/mol. The average Bonchev–Trinajstić information content (AvgIpc) is 3.33. The van der Waals surface area contributed by atoms with E-state index < -0.39 is 22.0 Å². The molecule has 3 rings (SSSR count). The van der Waals surface area contributed by atoms with E-state index in [1.54, 1.807) is 13.1 Å².